The van der Waals surface area contributed by atoms with Crippen LogP contribution in [0.5, 0.6) is 0 Å². The van der Waals surface area contributed by atoms with Gasteiger partial charge in [0, 0.05) is 18.0 Å². The van der Waals surface area contributed by atoms with Gasteiger partial charge in [0.2, 0.25) is 0 Å². The summed E-state index contributed by atoms with van der Waals surface area (Å²) in [6.45, 7) is 6.22. The molecule has 7 heteroatoms. The average Bonchev–Trinajstić information content (AvgIpc) is 3.10. The number of amides is 1. The van der Waals surface area contributed by atoms with Crippen molar-refractivity contribution >= 4 is 27.5 Å². The number of rotatable bonds is 5. The molecule has 3 aromatic rings. The normalized spacial score (nSPS) is 11.7. The fourth-order valence-corrected chi connectivity index (χ4v) is 3.77. The highest BCUT2D eigenvalue weighted by atomic mass is 32.1. The molecule has 0 saturated carbocycles. The number of carbonyl (C=O) groups excluding carboxylic acids is 1. The van der Waals surface area contributed by atoms with E-state index < -0.39 is 11.7 Å². The highest BCUT2D eigenvalue weighted by Crippen LogP contribution is 2.30. The monoisotopic (exact) mass is 378 g/mol. The van der Waals surface area contributed by atoms with Crippen LogP contribution < -0.4 is 5.32 Å². The topological polar surface area (TPSA) is 34.0 Å². The minimum Gasteiger partial charge on any atom is -0.347 e. The maximum Gasteiger partial charge on any atom is 0.416 e. The number of allylic oxidation sites excluding steroid dienone is 1. The van der Waals surface area contributed by atoms with E-state index in [1.54, 1.807) is 29.5 Å². The van der Waals surface area contributed by atoms with E-state index in [1.165, 1.54) is 6.07 Å². The third kappa shape index (κ3) is 3.67. The summed E-state index contributed by atoms with van der Waals surface area (Å²) < 4.78 is 41.2. The molecule has 1 aromatic carbocycles. The molecular formula is C19H17F3N2OS. The van der Waals surface area contributed by atoms with Crippen molar-refractivity contribution in [3.05, 3.63) is 70.8 Å². The number of nitrogens with zero attached hydrogens (tertiary/aromatic N) is 1. The summed E-state index contributed by atoms with van der Waals surface area (Å²) in [6, 6.07) is 8.76. The van der Waals surface area contributed by atoms with Gasteiger partial charge < -0.3 is 9.88 Å². The van der Waals surface area contributed by atoms with Gasteiger partial charge in [-0.05, 0) is 36.8 Å². The van der Waals surface area contributed by atoms with Crippen molar-refractivity contribution in [2.24, 2.45) is 0 Å². The molecule has 2 aromatic heterocycles. The lowest BCUT2D eigenvalue weighted by Crippen LogP contribution is -2.25. The molecule has 26 heavy (non-hydrogen) atoms. The zero-order chi connectivity index (χ0) is 18.9. The van der Waals surface area contributed by atoms with E-state index in [0.717, 1.165) is 27.2 Å². The Hall–Kier alpha value is -2.54. The van der Waals surface area contributed by atoms with Crippen molar-refractivity contribution in [3.63, 3.8) is 0 Å². The number of alkyl halides is 3. The number of nitrogens with one attached hydrogen (secondary N) is 1. The predicted molar refractivity (Wildman–Crippen MR) is 97.4 cm³/mol. The average molecular weight is 378 g/mol. The minimum absolute atomic E-state index is 0.0225. The first-order chi connectivity index (χ1) is 12.3. The van der Waals surface area contributed by atoms with Crippen LogP contribution in [-0.2, 0) is 19.3 Å². The minimum atomic E-state index is -4.40. The molecule has 0 unspecified atom stereocenters. The van der Waals surface area contributed by atoms with E-state index in [4.69, 9.17) is 0 Å². The van der Waals surface area contributed by atoms with Crippen LogP contribution in [0.3, 0.4) is 0 Å². The fraction of sp³-hybridized carbons (Fsp3) is 0.211. The molecule has 0 aliphatic rings. The number of thiophene rings is 1. The summed E-state index contributed by atoms with van der Waals surface area (Å²) >= 11 is 1.59. The van der Waals surface area contributed by atoms with Crippen LogP contribution in [0, 0.1) is 6.92 Å². The van der Waals surface area contributed by atoms with Crippen LogP contribution in [0.25, 0.3) is 10.2 Å². The van der Waals surface area contributed by atoms with Crippen molar-refractivity contribution < 1.29 is 18.0 Å². The maximum atomic E-state index is 12.8. The van der Waals surface area contributed by atoms with Crippen LogP contribution in [-0.4, -0.2) is 10.5 Å². The fourth-order valence-electron chi connectivity index (χ4n) is 2.81. The Morgan fingerprint density at radius 2 is 2.08 bits per heavy atom. The van der Waals surface area contributed by atoms with Gasteiger partial charge in [0.25, 0.3) is 5.91 Å². The number of hydrogen-bond acceptors (Lipinski definition) is 2. The second-order valence-electron chi connectivity index (χ2n) is 5.92. The quantitative estimate of drug-likeness (QED) is 0.613. The van der Waals surface area contributed by atoms with Crippen molar-refractivity contribution in [2.75, 3.05) is 0 Å². The van der Waals surface area contributed by atoms with Gasteiger partial charge in [-0.25, -0.2) is 0 Å². The van der Waals surface area contributed by atoms with E-state index in [2.05, 4.69) is 11.9 Å². The summed E-state index contributed by atoms with van der Waals surface area (Å²) in [6.07, 6.45) is -2.70. The lowest BCUT2D eigenvalue weighted by atomic mass is 10.1. The number of aryl methyl sites for hydroxylation is 1. The van der Waals surface area contributed by atoms with Gasteiger partial charge in [-0.1, -0.05) is 18.2 Å². The van der Waals surface area contributed by atoms with Crippen LogP contribution in [0.15, 0.2) is 49.1 Å². The largest absolute Gasteiger partial charge is 0.416 e. The Kier molecular flexibility index (Phi) is 4.91. The van der Waals surface area contributed by atoms with E-state index in [0.29, 0.717) is 17.8 Å². The summed E-state index contributed by atoms with van der Waals surface area (Å²) in [7, 11) is 0. The number of hydrogen-bond donors (Lipinski definition) is 1. The Labute approximate surface area is 152 Å². The van der Waals surface area contributed by atoms with Crippen molar-refractivity contribution in [1.29, 1.82) is 0 Å². The number of benzene rings is 1. The van der Waals surface area contributed by atoms with Gasteiger partial charge in [-0.3, -0.25) is 4.79 Å². The molecular weight excluding hydrogens is 361 g/mol. The first-order valence-electron chi connectivity index (χ1n) is 7.94. The molecule has 3 rings (SSSR count). The molecule has 0 aliphatic heterocycles. The maximum absolute atomic E-state index is 12.8. The molecule has 0 radical (unpaired) electrons. The Balaban J connectivity index is 1.80. The Morgan fingerprint density at radius 3 is 2.77 bits per heavy atom. The van der Waals surface area contributed by atoms with E-state index >= 15 is 0 Å². The molecule has 0 bridgehead atoms. The van der Waals surface area contributed by atoms with E-state index in [1.807, 2.05) is 17.6 Å². The molecule has 0 atom stereocenters. The highest BCUT2D eigenvalue weighted by Gasteiger charge is 2.30. The molecule has 2 heterocycles. The summed E-state index contributed by atoms with van der Waals surface area (Å²) in [5.74, 6) is -0.328. The van der Waals surface area contributed by atoms with Crippen LogP contribution in [0.2, 0.25) is 0 Å². The summed E-state index contributed by atoms with van der Waals surface area (Å²) in [5, 5.41) is 2.70. The summed E-state index contributed by atoms with van der Waals surface area (Å²) in [4.78, 5) is 13.7. The van der Waals surface area contributed by atoms with E-state index in [9.17, 15) is 18.0 Å². The third-order valence-corrected chi connectivity index (χ3v) is 4.95. The van der Waals surface area contributed by atoms with Gasteiger partial charge in [-0.15, -0.1) is 17.9 Å². The molecule has 0 fully saturated rings. The third-order valence-electron chi connectivity index (χ3n) is 3.96. The van der Waals surface area contributed by atoms with Gasteiger partial charge in [0.05, 0.1) is 15.8 Å². The number of carbonyl (C=O) groups is 1. The van der Waals surface area contributed by atoms with Gasteiger partial charge in [-0.2, -0.15) is 13.2 Å². The lowest BCUT2D eigenvalue weighted by Gasteiger charge is -2.11. The van der Waals surface area contributed by atoms with Crippen molar-refractivity contribution in [1.82, 2.24) is 9.88 Å². The number of halogens is 3. The first kappa shape index (κ1) is 18.3. The standard InChI is InChI=1S/C19H17F3N2OS/c1-3-7-24-15-8-12(2)26-17(15)10-16(24)18(25)23-11-13-5-4-6-14(9-13)19(20,21)22/h3-6,8-10H,1,7,11H2,2H3,(H,23,25). The molecule has 1 N–H and O–H groups in total. The van der Waals surface area contributed by atoms with Gasteiger partial charge >= 0.3 is 6.18 Å². The van der Waals surface area contributed by atoms with Crippen molar-refractivity contribution in [2.45, 2.75) is 26.2 Å². The molecule has 0 saturated heterocycles. The summed E-state index contributed by atoms with van der Waals surface area (Å²) in [5.41, 5.74) is 1.10. The SMILES string of the molecule is C=CCn1c(C(=O)NCc2cccc(C(F)(F)F)c2)cc2sc(C)cc21. The second-order valence-corrected chi connectivity index (χ2v) is 7.20. The molecule has 3 nitrogen and oxygen atoms in total. The number of fused-ring (bicyclic) bond motifs is 1. The second kappa shape index (κ2) is 6.99. The molecule has 0 aliphatic carbocycles. The van der Waals surface area contributed by atoms with E-state index in [-0.39, 0.29) is 12.5 Å². The number of aromatic nitrogens is 1. The van der Waals surface area contributed by atoms with Crippen LogP contribution in [0.1, 0.15) is 26.5 Å². The zero-order valence-corrected chi connectivity index (χ0v) is 14.9. The first-order valence-corrected chi connectivity index (χ1v) is 8.76. The molecule has 0 spiro atoms. The molecule has 136 valence electrons. The predicted octanol–water partition coefficient (Wildman–Crippen LogP) is 5.15. The highest BCUT2D eigenvalue weighted by molar-refractivity contribution is 7.19. The molecule has 1 amide bonds. The van der Waals surface area contributed by atoms with Crippen LogP contribution >= 0.6 is 11.3 Å². The Morgan fingerprint density at radius 1 is 1.31 bits per heavy atom. The van der Waals surface area contributed by atoms with Crippen LogP contribution in [0.4, 0.5) is 13.2 Å². The smallest absolute Gasteiger partial charge is 0.347 e. The Bertz CT molecular complexity index is 969. The lowest BCUT2D eigenvalue weighted by molar-refractivity contribution is -0.137. The van der Waals surface area contributed by atoms with Crippen molar-refractivity contribution in [3.8, 4) is 0 Å². The zero-order valence-electron chi connectivity index (χ0n) is 14.1. The van der Waals surface area contributed by atoms with Gasteiger partial charge in [0.15, 0.2) is 0 Å². The van der Waals surface area contributed by atoms with Gasteiger partial charge in [0.1, 0.15) is 5.69 Å².